The molecule has 2 heterocycles. The van der Waals surface area contributed by atoms with E-state index in [-0.39, 0.29) is 5.78 Å². The van der Waals surface area contributed by atoms with Gasteiger partial charge in [-0.3, -0.25) is 9.20 Å². The summed E-state index contributed by atoms with van der Waals surface area (Å²) in [7, 11) is 5.33. The Kier molecular flexibility index (Phi) is 3.55. The van der Waals surface area contributed by atoms with Crippen molar-refractivity contribution in [2.75, 3.05) is 21.2 Å². The van der Waals surface area contributed by atoms with Crippen molar-refractivity contribution in [1.82, 2.24) is 14.3 Å². The van der Waals surface area contributed by atoms with E-state index in [0.29, 0.717) is 17.1 Å². The summed E-state index contributed by atoms with van der Waals surface area (Å²) in [5, 5.41) is 0. The third-order valence-electron chi connectivity index (χ3n) is 2.76. The van der Waals surface area contributed by atoms with Crippen molar-refractivity contribution >= 4 is 11.4 Å². The lowest BCUT2D eigenvalue weighted by atomic mass is 10.2. The fourth-order valence-corrected chi connectivity index (χ4v) is 1.86. The summed E-state index contributed by atoms with van der Waals surface area (Å²) in [6.45, 7) is 1.83. The lowest BCUT2D eigenvalue weighted by Gasteiger charge is -2.04. The molecule has 0 bridgehead atoms. The largest absolute Gasteiger partial charge is 0.495 e. The highest BCUT2D eigenvalue weighted by Crippen LogP contribution is 2.18. The van der Waals surface area contributed by atoms with Gasteiger partial charge in [-0.05, 0) is 19.1 Å². The molecule has 0 aliphatic carbocycles. The summed E-state index contributed by atoms with van der Waals surface area (Å²) >= 11 is 0. The van der Waals surface area contributed by atoms with Crippen LogP contribution in [-0.2, 0) is 0 Å². The maximum absolute atomic E-state index is 12.2. The van der Waals surface area contributed by atoms with E-state index in [1.165, 1.54) is 6.08 Å². The van der Waals surface area contributed by atoms with Crippen molar-refractivity contribution in [1.29, 1.82) is 0 Å². The quantitative estimate of drug-likeness (QED) is 0.621. The fraction of sp³-hybridized carbons (Fsp3) is 0.286. The molecule has 0 aliphatic rings. The second kappa shape index (κ2) is 5.14. The molecule has 0 N–H and O–H groups in total. The number of nitrogens with zero attached hydrogens (tertiary/aromatic N) is 3. The first-order valence-corrected chi connectivity index (χ1v) is 5.94. The molecule has 5 nitrogen and oxygen atoms in total. The number of allylic oxidation sites excluding steroid dienone is 1. The SMILES string of the molecule is COc1ccc2nc(C)c(C(=O)/C=C/N(C)C)n2c1. The highest BCUT2D eigenvalue weighted by atomic mass is 16.5. The van der Waals surface area contributed by atoms with Crippen LogP contribution < -0.4 is 4.74 Å². The average molecular weight is 259 g/mol. The number of hydrogen-bond donors (Lipinski definition) is 0. The summed E-state index contributed by atoms with van der Waals surface area (Å²) in [5.41, 5.74) is 2.01. The second-order valence-electron chi connectivity index (χ2n) is 4.49. The number of ether oxygens (including phenoxy) is 1. The first kappa shape index (κ1) is 13.1. The van der Waals surface area contributed by atoms with Crippen molar-refractivity contribution in [2.45, 2.75) is 6.92 Å². The van der Waals surface area contributed by atoms with Crippen LogP contribution in [0, 0.1) is 6.92 Å². The van der Waals surface area contributed by atoms with Crippen LogP contribution in [-0.4, -0.2) is 41.3 Å². The fourth-order valence-electron chi connectivity index (χ4n) is 1.86. The van der Waals surface area contributed by atoms with Crippen LogP contribution in [0.15, 0.2) is 30.6 Å². The van der Waals surface area contributed by atoms with Crippen molar-refractivity contribution in [3.8, 4) is 5.75 Å². The summed E-state index contributed by atoms with van der Waals surface area (Å²) < 4.78 is 6.94. The van der Waals surface area contributed by atoms with Gasteiger partial charge in [0.05, 0.1) is 19.0 Å². The predicted molar refractivity (Wildman–Crippen MR) is 73.6 cm³/mol. The molecule has 0 saturated heterocycles. The van der Waals surface area contributed by atoms with E-state index in [9.17, 15) is 4.79 Å². The first-order chi connectivity index (χ1) is 9.02. The molecule has 0 fully saturated rings. The van der Waals surface area contributed by atoms with E-state index >= 15 is 0 Å². The van der Waals surface area contributed by atoms with E-state index in [0.717, 1.165) is 5.65 Å². The summed E-state index contributed by atoms with van der Waals surface area (Å²) in [6, 6.07) is 3.66. The van der Waals surface area contributed by atoms with Crippen LogP contribution in [0.25, 0.3) is 5.65 Å². The lowest BCUT2D eigenvalue weighted by molar-refractivity contribution is 0.104. The molecule has 0 radical (unpaired) electrons. The van der Waals surface area contributed by atoms with Crippen LogP contribution in [0.3, 0.4) is 0 Å². The number of carbonyl (C=O) groups is 1. The monoisotopic (exact) mass is 259 g/mol. The van der Waals surface area contributed by atoms with Crippen molar-refractivity contribution in [2.24, 2.45) is 0 Å². The standard InChI is InChI=1S/C14H17N3O2/c1-10-14(12(18)7-8-16(2)3)17-9-11(19-4)5-6-13(17)15-10/h5-9H,1-4H3/b8-7+. The smallest absolute Gasteiger partial charge is 0.205 e. The third kappa shape index (κ3) is 2.59. The van der Waals surface area contributed by atoms with E-state index in [4.69, 9.17) is 4.74 Å². The minimum atomic E-state index is -0.0769. The summed E-state index contributed by atoms with van der Waals surface area (Å²) in [4.78, 5) is 18.4. The maximum atomic E-state index is 12.2. The summed E-state index contributed by atoms with van der Waals surface area (Å²) in [6.07, 6.45) is 5.03. The number of aryl methyl sites for hydroxylation is 1. The zero-order valence-corrected chi connectivity index (χ0v) is 11.5. The molecule has 2 aromatic heterocycles. The number of aromatic nitrogens is 2. The Morgan fingerprint density at radius 3 is 2.79 bits per heavy atom. The molecule has 2 rings (SSSR count). The molecule has 0 atom stereocenters. The van der Waals surface area contributed by atoms with Gasteiger partial charge in [0.2, 0.25) is 5.78 Å². The first-order valence-electron chi connectivity index (χ1n) is 5.94. The molecule has 0 unspecified atom stereocenters. The van der Waals surface area contributed by atoms with Gasteiger partial charge in [0.15, 0.2) is 0 Å². The van der Waals surface area contributed by atoms with Gasteiger partial charge in [0.25, 0.3) is 0 Å². The highest BCUT2D eigenvalue weighted by molar-refractivity contribution is 6.04. The van der Waals surface area contributed by atoms with Crippen LogP contribution >= 0.6 is 0 Å². The molecular formula is C14H17N3O2. The molecule has 19 heavy (non-hydrogen) atoms. The maximum Gasteiger partial charge on any atom is 0.205 e. The molecule has 5 heteroatoms. The number of carbonyl (C=O) groups excluding carboxylic acids is 1. The number of pyridine rings is 1. The number of hydrogen-bond acceptors (Lipinski definition) is 4. The zero-order chi connectivity index (χ0) is 14.0. The van der Waals surface area contributed by atoms with Gasteiger partial charge < -0.3 is 9.64 Å². The topological polar surface area (TPSA) is 46.8 Å². The highest BCUT2D eigenvalue weighted by Gasteiger charge is 2.14. The van der Waals surface area contributed by atoms with E-state index < -0.39 is 0 Å². The van der Waals surface area contributed by atoms with Gasteiger partial charge in [0, 0.05) is 26.4 Å². The van der Waals surface area contributed by atoms with Crippen molar-refractivity contribution < 1.29 is 9.53 Å². The Morgan fingerprint density at radius 2 is 2.16 bits per heavy atom. The normalized spacial score (nSPS) is 11.2. The number of methoxy groups -OCH3 is 1. The molecule has 2 aromatic rings. The Bertz CT molecular complexity index is 641. The zero-order valence-electron chi connectivity index (χ0n) is 11.5. The number of rotatable bonds is 4. The third-order valence-corrected chi connectivity index (χ3v) is 2.76. The predicted octanol–water partition coefficient (Wildman–Crippen LogP) is 1.91. The molecule has 0 spiro atoms. The Morgan fingerprint density at radius 1 is 1.42 bits per heavy atom. The molecule has 0 amide bonds. The van der Waals surface area contributed by atoms with Gasteiger partial charge in [-0.2, -0.15) is 0 Å². The molecule has 100 valence electrons. The average Bonchev–Trinajstić information content (AvgIpc) is 2.70. The van der Waals surface area contributed by atoms with Gasteiger partial charge in [-0.1, -0.05) is 0 Å². The van der Waals surface area contributed by atoms with Gasteiger partial charge in [-0.15, -0.1) is 0 Å². The summed E-state index contributed by atoms with van der Waals surface area (Å²) in [5.74, 6) is 0.613. The molecular weight excluding hydrogens is 242 g/mol. The van der Waals surface area contributed by atoms with Gasteiger partial charge in [-0.25, -0.2) is 4.98 Å². The Balaban J connectivity index is 2.52. The number of imidazole rings is 1. The van der Waals surface area contributed by atoms with Gasteiger partial charge >= 0.3 is 0 Å². The number of ketones is 1. The van der Waals surface area contributed by atoms with Crippen LogP contribution in [0.1, 0.15) is 16.2 Å². The lowest BCUT2D eigenvalue weighted by Crippen LogP contribution is -2.06. The van der Waals surface area contributed by atoms with Crippen LogP contribution in [0.5, 0.6) is 5.75 Å². The van der Waals surface area contributed by atoms with E-state index in [1.807, 2.05) is 38.1 Å². The second-order valence-corrected chi connectivity index (χ2v) is 4.49. The molecule has 0 aromatic carbocycles. The number of fused-ring (bicyclic) bond motifs is 1. The van der Waals surface area contributed by atoms with E-state index in [1.54, 1.807) is 23.9 Å². The van der Waals surface area contributed by atoms with Crippen molar-refractivity contribution in [3.05, 3.63) is 42.0 Å². The Labute approximate surface area is 112 Å². The molecule has 0 aliphatic heterocycles. The Hall–Kier alpha value is -2.30. The minimum absolute atomic E-state index is 0.0769. The van der Waals surface area contributed by atoms with Crippen LogP contribution in [0.2, 0.25) is 0 Å². The van der Waals surface area contributed by atoms with Crippen LogP contribution in [0.4, 0.5) is 0 Å². The van der Waals surface area contributed by atoms with E-state index in [2.05, 4.69) is 4.98 Å². The molecule has 0 saturated carbocycles. The van der Waals surface area contributed by atoms with Crippen molar-refractivity contribution in [3.63, 3.8) is 0 Å². The van der Waals surface area contributed by atoms with Gasteiger partial charge in [0.1, 0.15) is 17.1 Å². The minimum Gasteiger partial charge on any atom is -0.495 e.